The molecule has 0 fully saturated rings. The third-order valence-corrected chi connectivity index (χ3v) is 3.82. The maximum Gasteiger partial charge on any atom is 0.253 e. The molecule has 94 valence electrons. The van der Waals surface area contributed by atoms with Crippen molar-refractivity contribution in [2.24, 2.45) is 0 Å². The second-order valence-electron chi connectivity index (χ2n) is 5.08. The van der Waals surface area contributed by atoms with E-state index in [9.17, 15) is 4.79 Å². The van der Waals surface area contributed by atoms with Gasteiger partial charge in [-0.3, -0.25) is 4.79 Å². The van der Waals surface area contributed by atoms with Crippen LogP contribution in [0.5, 0.6) is 0 Å². The predicted molar refractivity (Wildman–Crippen MR) is 72.7 cm³/mol. The molecule has 3 rings (SSSR count). The molecule has 0 N–H and O–H groups in total. The first-order chi connectivity index (χ1) is 8.75. The SMILES string of the molecule is CN1CC=C(C(=O)N2CCc3ccccc32)CC1. The van der Waals surface area contributed by atoms with Gasteiger partial charge in [-0.25, -0.2) is 0 Å². The van der Waals surface area contributed by atoms with Gasteiger partial charge in [-0.15, -0.1) is 0 Å². The van der Waals surface area contributed by atoms with E-state index in [1.165, 1.54) is 5.56 Å². The second-order valence-corrected chi connectivity index (χ2v) is 5.08. The molecule has 0 bridgehead atoms. The van der Waals surface area contributed by atoms with Gasteiger partial charge in [0.1, 0.15) is 0 Å². The molecule has 0 saturated heterocycles. The minimum atomic E-state index is 0.202. The molecule has 0 aliphatic carbocycles. The average molecular weight is 242 g/mol. The molecule has 0 unspecified atom stereocenters. The van der Waals surface area contributed by atoms with Gasteiger partial charge in [0, 0.05) is 30.9 Å². The second kappa shape index (κ2) is 4.58. The van der Waals surface area contributed by atoms with E-state index in [1.807, 2.05) is 17.0 Å². The normalized spacial score (nSPS) is 19.6. The van der Waals surface area contributed by atoms with E-state index >= 15 is 0 Å². The van der Waals surface area contributed by atoms with E-state index in [0.29, 0.717) is 0 Å². The first-order valence-corrected chi connectivity index (χ1v) is 6.53. The predicted octanol–water partition coefficient (Wildman–Crippen LogP) is 1.84. The Balaban J connectivity index is 1.83. The molecule has 18 heavy (non-hydrogen) atoms. The van der Waals surface area contributed by atoms with Crippen molar-refractivity contribution < 1.29 is 4.79 Å². The highest BCUT2D eigenvalue weighted by Crippen LogP contribution is 2.29. The van der Waals surface area contributed by atoms with E-state index in [-0.39, 0.29) is 5.91 Å². The van der Waals surface area contributed by atoms with E-state index < -0.39 is 0 Å². The van der Waals surface area contributed by atoms with Crippen LogP contribution in [0, 0.1) is 0 Å². The molecule has 3 nitrogen and oxygen atoms in total. The van der Waals surface area contributed by atoms with E-state index in [0.717, 1.165) is 43.7 Å². The number of rotatable bonds is 1. The van der Waals surface area contributed by atoms with Gasteiger partial charge in [-0.1, -0.05) is 24.3 Å². The number of amides is 1. The highest BCUT2D eigenvalue weighted by Gasteiger charge is 2.27. The van der Waals surface area contributed by atoms with Crippen LogP contribution in [0.1, 0.15) is 12.0 Å². The first-order valence-electron chi connectivity index (χ1n) is 6.53. The smallest absolute Gasteiger partial charge is 0.253 e. The van der Waals surface area contributed by atoms with E-state index in [4.69, 9.17) is 0 Å². The number of likely N-dealkylation sites (N-methyl/N-ethyl adjacent to an activating group) is 1. The lowest BCUT2D eigenvalue weighted by atomic mass is 10.1. The molecule has 2 aliphatic rings. The van der Waals surface area contributed by atoms with Gasteiger partial charge >= 0.3 is 0 Å². The Morgan fingerprint density at radius 1 is 1.17 bits per heavy atom. The molecule has 1 aromatic carbocycles. The molecule has 0 atom stereocenters. The Labute approximate surface area is 108 Å². The van der Waals surface area contributed by atoms with Crippen LogP contribution in [0.25, 0.3) is 0 Å². The molecular weight excluding hydrogens is 224 g/mol. The summed E-state index contributed by atoms with van der Waals surface area (Å²) in [6.45, 7) is 2.69. The van der Waals surface area contributed by atoms with Crippen molar-refractivity contribution in [1.29, 1.82) is 0 Å². The Morgan fingerprint density at radius 2 is 2.00 bits per heavy atom. The Morgan fingerprint density at radius 3 is 2.78 bits per heavy atom. The number of benzene rings is 1. The zero-order chi connectivity index (χ0) is 12.5. The minimum Gasteiger partial charge on any atom is -0.308 e. The summed E-state index contributed by atoms with van der Waals surface area (Å²) >= 11 is 0. The number of carbonyl (C=O) groups excluding carboxylic acids is 1. The lowest BCUT2D eigenvalue weighted by Gasteiger charge is -2.25. The molecule has 2 aliphatic heterocycles. The van der Waals surface area contributed by atoms with Gasteiger partial charge in [-0.05, 0) is 31.5 Å². The summed E-state index contributed by atoms with van der Waals surface area (Å²) in [6, 6.07) is 8.22. The molecular formula is C15H18N2O. The minimum absolute atomic E-state index is 0.202. The summed E-state index contributed by atoms with van der Waals surface area (Å²) < 4.78 is 0. The lowest BCUT2D eigenvalue weighted by molar-refractivity contribution is -0.115. The third-order valence-electron chi connectivity index (χ3n) is 3.82. The highest BCUT2D eigenvalue weighted by molar-refractivity contribution is 6.06. The number of fused-ring (bicyclic) bond motifs is 1. The summed E-state index contributed by atoms with van der Waals surface area (Å²) in [6.07, 6.45) is 3.93. The third kappa shape index (κ3) is 1.95. The van der Waals surface area contributed by atoms with Gasteiger partial charge in [0.2, 0.25) is 0 Å². The van der Waals surface area contributed by atoms with Crippen LogP contribution in [0.4, 0.5) is 5.69 Å². The zero-order valence-electron chi connectivity index (χ0n) is 10.7. The van der Waals surface area contributed by atoms with Crippen LogP contribution in [-0.4, -0.2) is 37.5 Å². The fraction of sp³-hybridized carbons (Fsp3) is 0.400. The maximum absolute atomic E-state index is 12.5. The van der Waals surface area contributed by atoms with Gasteiger partial charge in [0.05, 0.1) is 0 Å². The quantitative estimate of drug-likeness (QED) is 0.750. The molecule has 0 saturated carbocycles. The summed E-state index contributed by atoms with van der Waals surface area (Å²) in [7, 11) is 2.09. The lowest BCUT2D eigenvalue weighted by Crippen LogP contribution is -2.34. The van der Waals surface area contributed by atoms with Crippen LogP contribution in [-0.2, 0) is 11.2 Å². The van der Waals surface area contributed by atoms with Gasteiger partial charge in [0.15, 0.2) is 0 Å². The van der Waals surface area contributed by atoms with E-state index in [1.54, 1.807) is 0 Å². The van der Waals surface area contributed by atoms with Crippen molar-refractivity contribution in [3.8, 4) is 0 Å². The number of anilines is 1. The molecule has 0 radical (unpaired) electrons. The van der Waals surface area contributed by atoms with Crippen molar-refractivity contribution in [2.75, 3.05) is 31.6 Å². The topological polar surface area (TPSA) is 23.6 Å². The summed E-state index contributed by atoms with van der Waals surface area (Å²) in [4.78, 5) is 16.7. The molecule has 0 spiro atoms. The van der Waals surface area contributed by atoms with Crippen LogP contribution in [0.15, 0.2) is 35.9 Å². The fourth-order valence-electron chi connectivity index (χ4n) is 2.69. The van der Waals surface area contributed by atoms with Crippen LogP contribution < -0.4 is 4.90 Å². The monoisotopic (exact) mass is 242 g/mol. The van der Waals surface area contributed by atoms with Gasteiger partial charge < -0.3 is 9.80 Å². The van der Waals surface area contributed by atoms with Crippen molar-refractivity contribution in [3.63, 3.8) is 0 Å². The molecule has 3 heteroatoms. The Kier molecular flexibility index (Phi) is 2.92. The van der Waals surface area contributed by atoms with Crippen molar-refractivity contribution >= 4 is 11.6 Å². The highest BCUT2D eigenvalue weighted by atomic mass is 16.2. The number of hydrogen-bond donors (Lipinski definition) is 0. The largest absolute Gasteiger partial charge is 0.308 e. The summed E-state index contributed by atoms with van der Waals surface area (Å²) in [5.74, 6) is 0.202. The molecule has 1 amide bonds. The number of para-hydroxylation sites is 1. The van der Waals surface area contributed by atoms with Crippen molar-refractivity contribution in [1.82, 2.24) is 4.90 Å². The first kappa shape index (κ1) is 11.5. The Hall–Kier alpha value is -1.61. The summed E-state index contributed by atoms with van der Waals surface area (Å²) in [5.41, 5.74) is 3.37. The average Bonchev–Trinajstić information content (AvgIpc) is 2.82. The standard InChI is InChI=1S/C15H18N2O/c1-16-9-6-13(7-10-16)15(18)17-11-8-12-4-2-3-5-14(12)17/h2-6H,7-11H2,1H3. The number of nitrogens with zero attached hydrogens (tertiary/aromatic N) is 2. The number of hydrogen-bond acceptors (Lipinski definition) is 2. The summed E-state index contributed by atoms with van der Waals surface area (Å²) in [5, 5.41) is 0. The van der Waals surface area contributed by atoms with Crippen molar-refractivity contribution in [2.45, 2.75) is 12.8 Å². The zero-order valence-corrected chi connectivity index (χ0v) is 10.7. The molecule has 0 aromatic heterocycles. The van der Waals surface area contributed by atoms with Gasteiger partial charge in [-0.2, -0.15) is 0 Å². The van der Waals surface area contributed by atoms with Crippen LogP contribution >= 0.6 is 0 Å². The fourth-order valence-corrected chi connectivity index (χ4v) is 2.69. The van der Waals surface area contributed by atoms with Crippen LogP contribution in [0.2, 0.25) is 0 Å². The van der Waals surface area contributed by atoms with Gasteiger partial charge in [0.25, 0.3) is 5.91 Å². The Bertz CT molecular complexity index is 507. The maximum atomic E-state index is 12.5. The van der Waals surface area contributed by atoms with Crippen LogP contribution in [0.3, 0.4) is 0 Å². The number of carbonyl (C=O) groups is 1. The van der Waals surface area contributed by atoms with Crippen molar-refractivity contribution in [3.05, 3.63) is 41.5 Å². The van der Waals surface area contributed by atoms with E-state index in [2.05, 4.69) is 30.2 Å². The molecule has 1 aromatic rings. The molecule has 2 heterocycles.